The fourth-order valence-electron chi connectivity index (χ4n) is 4.64. The Morgan fingerprint density at radius 2 is 1.79 bits per heavy atom. The van der Waals surface area contributed by atoms with Crippen LogP contribution in [0.15, 0.2) is 71.7 Å². The Morgan fingerprint density at radius 3 is 2.38 bits per heavy atom. The molecule has 34 heavy (non-hydrogen) atoms. The monoisotopic (exact) mass is 459 g/mol. The summed E-state index contributed by atoms with van der Waals surface area (Å²) in [4.78, 5) is 45.3. The van der Waals surface area contributed by atoms with E-state index in [1.54, 1.807) is 19.2 Å². The summed E-state index contributed by atoms with van der Waals surface area (Å²) in [5, 5.41) is 12.7. The van der Waals surface area contributed by atoms with Crippen LogP contribution in [0.2, 0.25) is 0 Å². The lowest BCUT2D eigenvalue weighted by atomic mass is 9.64. The maximum Gasteiger partial charge on any atom is 0.314 e. The lowest BCUT2D eigenvalue weighted by Crippen LogP contribution is -2.53. The van der Waals surface area contributed by atoms with Crippen LogP contribution in [-0.2, 0) is 14.4 Å². The molecule has 7 heteroatoms. The number of likely N-dealkylation sites (N-methyl/N-ethyl adjacent to an activating group) is 1. The quantitative estimate of drug-likeness (QED) is 0.618. The molecule has 2 amide bonds. The summed E-state index contributed by atoms with van der Waals surface area (Å²) in [7, 11) is 1.66. The molecule has 3 atom stereocenters. The third-order valence-electron chi connectivity index (χ3n) is 6.58. The molecular weight excluding hydrogens is 430 g/mol. The van der Waals surface area contributed by atoms with E-state index in [0.29, 0.717) is 17.8 Å². The van der Waals surface area contributed by atoms with Crippen LogP contribution in [0.4, 0.5) is 5.69 Å². The molecule has 0 bridgehead atoms. The van der Waals surface area contributed by atoms with Gasteiger partial charge in [0.25, 0.3) is 5.91 Å². The highest BCUT2D eigenvalue weighted by molar-refractivity contribution is 6.20. The molecule has 1 aliphatic heterocycles. The Morgan fingerprint density at radius 1 is 1.15 bits per heavy atom. The number of hydrogen-bond acceptors (Lipinski definition) is 4. The van der Waals surface area contributed by atoms with Crippen LogP contribution in [0, 0.1) is 17.3 Å². The summed E-state index contributed by atoms with van der Waals surface area (Å²) in [5.41, 5.74) is 1.62. The average Bonchev–Trinajstić information content (AvgIpc) is 2.88. The van der Waals surface area contributed by atoms with Gasteiger partial charge in [-0.3, -0.25) is 14.4 Å². The Kier molecular flexibility index (Phi) is 6.37. The minimum Gasteiger partial charge on any atom is -0.481 e. The van der Waals surface area contributed by atoms with Crippen LogP contribution in [0.3, 0.4) is 0 Å². The number of benzodiazepines with no additional fused rings is 1. The van der Waals surface area contributed by atoms with E-state index in [0.717, 1.165) is 11.1 Å². The summed E-state index contributed by atoms with van der Waals surface area (Å²) < 4.78 is 0. The second kappa shape index (κ2) is 9.25. The number of benzene rings is 2. The zero-order valence-electron chi connectivity index (χ0n) is 19.6. The van der Waals surface area contributed by atoms with E-state index in [2.05, 4.69) is 5.32 Å². The number of rotatable bonds is 7. The number of aliphatic imine (C=N–C) groups is 1. The van der Waals surface area contributed by atoms with E-state index in [9.17, 15) is 19.5 Å². The minimum absolute atomic E-state index is 0.0983. The molecule has 2 N–H and O–H groups in total. The third kappa shape index (κ3) is 4.14. The fraction of sp³-hybridized carbons (Fsp3) is 0.333. The predicted octanol–water partition coefficient (Wildman–Crippen LogP) is 3.64. The molecule has 4 rings (SSSR count). The van der Waals surface area contributed by atoms with Crippen LogP contribution >= 0.6 is 0 Å². The lowest BCUT2D eigenvalue weighted by Gasteiger charge is -2.39. The number of carboxylic acid groups (broad SMARTS) is 1. The van der Waals surface area contributed by atoms with E-state index in [1.165, 1.54) is 4.90 Å². The third-order valence-corrected chi connectivity index (χ3v) is 6.58. The first-order chi connectivity index (χ1) is 16.2. The molecule has 176 valence electrons. The number of nitrogens with zero attached hydrogens (tertiary/aromatic N) is 2. The van der Waals surface area contributed by atoms with Crippen LogP contribution in [0.1, 0.15) is 37.8 Å². The molecule has 0 saturated carbocycles. The molecule has 2 aliphatic rings. The maximum atomic E-state index is 13.5. The van der Waals surface area contributed by atoms with Crippen molar-refractivity contribution in [1.82, 2.24) is 5.32 Å². The number of carboxylic acids is 1. The number of nitrogens with one attached hydrogen (secondary N) is 1. The van der Waals surface area contributed by atoms with Gasteiger partial charge >= 0.3 is 5.97 Å². The van der Waals surface area contributed by atoms with E-state index in [-0.39, 0.29) is 18.2 Å². The number of hydrogen-bond donors (Lipinski definition) is 2. The van der Waals surface area contributed by atoms with Gasteiger partial charge in [-0.05, 0) is 24.8 Å². The van der Waals surface area contributed by atoms with Crippen LogP contribution < -0.4 is 10.2 Å². The molecule has 0 aromatic heterocycles. The van der Waals surface area contributed by atoms with Crippen molar-refractivity contribution in [3.63, 3.8) is 0 Å². The van der Waals surface area contributed by atoms with Gasteiger partial charge in [0.05, 0.1) is 17.3 Å². The second-order valence-electron chi connectivity index (χ2n) is 9.30. The second-order valence-corrected chi connectivity index (χ2v) is 9.30. The van der Waals surface area contributed by atoms with Gasteiger partial charge < -0.3 is 15.3 Å². The smallest absolute Gasteiger partial charge is 0.314 e. The molecule has 0 saturated heterocycles. The molecule has 0 spiro atoms. The average molecular weight is 460 g/mol. The Hall–Kier alpha value is -3.74. The van der Waals surface area contributed by atoms with Gasteiger partial charge in [-0.1, -0.05) is 74.5 Å². The Balaban J connectivity index is 1.74. The molecule has 1 unspecified atom stereocenters. The van der Waals surface area contributed by atoms with Crippen LogP contribution in [-0.4, -0.2) is 41.8 Å². The SMILES string of the molecule is CC(C)C[C@@H](C(=O)NC1N=C(c2ccccc2)c2ccccc2N(C)C1=O)[C@@]1(C(=O)O)C=CC1. The first-order valence-corrected chi connectivity index (χ1v) is 11.5. The van der Waals surface area contributed by atoms with Crippen molar-refractivity contribution in [3.8, 4) is 0 Å². The standard InChI is InChI=1S/C27H29N3O4/c1-17(2)16-20(27(26(33)34)14-9-15-27)24(31)29-23-25(32)30(3)21-13-8-7-12-19(21)22(28-23)18-10-5-4-6-11-18/h4-14,17,20,23H,15-16H2,1-3H3,(H,29,31)(H,33,34)/t20-,23?,27+/m0/s1. The van der Waals surface area contributed by atoms with Crippen molar-refractivity contribution in [2.45, 2.75) is 32.9 Å². The minimum atomic E-state index is -1.26. The largest absolute Gasteiger partial charge is 0.481 e. The van der Waals surface area contributed by atoms with Crippen molar-refractivity contribution in [1.29, 1.82) is 0 Å². The molecule has 7 nitrogen and oxygen atoms in total. The van der Waals surface area contributed by atoms with Crippen molar-refractivity contribution in [3.05, 3.63) is 77.9 Å². The number of carbonyl (C=O) groups is 3. The van der Waals surface area contributed by atoms with E-state index in [4.69, 9.17) is 4.99 Å². The number of allylic oxidation sites excluding steroid dienone is 1. The first-order valence-electron chi connectivity index (χ1n) is 11.5. The number of amides is 2. The summed E-state index contributed by atoms with van der Waals surface area (Å²) >= 11 is 0. The van der Waals surface area contributed by atoms with Gasteiger partial charge in [0, 0.05) is 18.2 Å². The number of carbonyl (C=O) groups excluding carboxylic acids is 2. The lowest BCUT2D eigenvalue weighted by molar-refractivity contribution is -0.154. The topological polar surface area (TPSA) is 99.1 Å². The predicted molar refractivity (Wildman–Crippen MR) is 131 cm³/mol. The van der Waals surface area contributed by atoms with E-state index >= 15 is 0 Å². The zero-order valence-corrected chi connectivity index (χ0v) is 19.6. The Labute approximate surface area is 199 Å². The number of para-hydroxylation sites is 1. The van der Waals surface area contributed by atoms with Gasteiger partial charge in [-0.15, -0.1) is 0 Å². The molecule has 2 aromatic carbocycles. The van der Waals surface area contributed by atoms with Crippen molar-refractivity contribution in [2.24, 2.45) is 22.2 Å². The fourth-order valence-corrected chi connectivity index (χ4v) is 4.64. The number of fused-ring (bicyclic) bond motifs is 1. The number of aliphatic carboxylic acids is 1. The van der Waals surface area contributed by atoms with Gasteiger partial charge in [0.15, 0.2) is 0 Å². The van der Waals surface area contributed by atoms with Gasteiger partial charge in [0.2, 0.25) is 12.1 Å². The molecule has 1 aliphatic carbocycles. The molecule has 0 radical (unpaired) electrons. The van der Waals surface area contributed by atoms with Crippen LogP contribution in [0.5, 0.6) is 0 Å². The van der Waals surface area contributed by atoms with Gasteiger partial charge in [0.1, 0.15) is 5.41 Å². The van der Waals surface area contributed by atoms with Gasteiger partial charge in [-0.2, -0.15) is 0 Å². The van der Waals surface area contributed by atoms with Crippen molar-refractivity contribution in [2.75, 3.05) is 11.9 Å². The highest BCUT2D eigenvalue weighted by Crippen LogP contribution is 2.44. The normalized spacial score (nSPS) is 22.4. The number of anilines is 1. The van der Waals surface area contributed by atoms with E-state index in [1.807, 2.05) is 68.4 Å². The summed E-state index contributed by atoms with van der Waals surface area (Å²) in [6, 6.07) is 17.0. The summed E-state index contributed by atoms with van der Waals surface area (Å²) in [6.07, 6.45) is 2.85. The Bertz CT molecular complexity index is 1170. The first kappa shape index (κ1) is 23.4. The van der Waals surface area contributed by atoms with Crippen LogP contribution in [0.25, 0.3) is 0 Å². The van der Waals surface area contributed by atoms with Gasteiger partial charge in [-0.25, -0.2) is 4.99 Å². The van der Waals surface area contributed by atoms with Crippen molar-refractivity contribution >= 4 is 29.2 Å². The highest BCUT2D eigenvalue weighted by atomic mass is 16.4. The summed E-state index contributed by atoms with van der Waals surface area (Å²) in [5.74, 6) is -2.60. The summed E-state index contributed by atoms with van der Waals surface area (Å²) in [6.45, 7) is 3.90. The molecule has 2 aromatic rings. The molecular formula is C27H29N3O4. The molecule has 0 fully saturated rings. The van der Waals surface area contributed by atoms with Crippen molar-refractivity contribution < 1.29 is 19.5 Å². The van der Waals surface area contributed by atoms with E-state index < -0.39 is 29.4 Å². The maximum absolute atomic E-state index is 13.5. The molecule has 1 heterocycles. The highest BCUT2D eigenvalue weighted by Gasteiger charge is 2.50. The zero-order chi connectivity index (χ0) is 24.5.